The van der Waals surface area contributed by atoms with E-state index in [0.29, 0.717) is 31.6 Å². The van der Waals surface area contributed by atoms with Crippen LogP contribution in [0.25, 0.3) is 0 Å². The van der Waals surface area contributed by atoms with Crippen molar-refractivity contribution in [3.63, 3.8) is 0 Å². The average Bonchev–Trinajstić information content (AvgIpc) is 2.65. The van der Waals surface area contributed by atoms with Crippen LogP contribution in [0, 0.1) is 0 Å². The van der Waals surface area contributed by atoms with Crippen LogP contribution in [0.15, 0.2) is 54.6 Å². The number of rotatable bonds is 9. The van der Waals surface area contributed by atoms with E-state index in [-0.39, 0.29) is 11.5 Å². The lowest BCUT2D eigenvalue weighted by atomic mass is 10.1. The largest absolute Gasteiger partial charge is 0.337 e. The highest BCUT2D eigenvalue weighted by Gasteiger charge is 2.24. The summed E-state index contributed by atoms with van der Waals surface area (Å²) in [5.74, 6) is -4.41. The smallest absolute Gasteiger partial charge is 0.334 e. The molecule has 2 aromatic carbocycles. The SMILES string of the molecule is NCCCN(Cc1ccccc1)C(=O)c1ccc(CS(=O)(=O)C(F)F)cc1. The van der Waals surface area contributed by atoms with Crippen molar-refractivity contribution in [1.29, 1.82) is 0 Å². The van der Waals surface area contributed by atoms with E-state index in [9.17, 15) is 22.0 Å². The van der Waals surface area contributed by atoms with Crippen LogP contribution in [-0.2, 0) is 22.1 Å². The molecule has 2 aromatic rings. The maximum absolute atomic E-state index is 12.8. The summed E-state index contributed by atoms with van der Waals surface area (Å²) in [7, 11) is -4.50. The lowest BCUT2D eigenvalue weighted by Gasteiger charge is -2.23. The van der Waals surface area contributed by atoms with E-state index in [4.69, 9.17) is 5.73 Å². The Morgan fingerprint density at radius 2 is 1.63 bits per heavy atom. The molecule has 0 unspecified atom stereocenters. The summed E-state index contributed by atoms with van der Waals surface area (Å²) >= 11 is 0. The van der Waals surface area contributed by atoms with Crippen LogP contribution in [0.2, 0.25) is 0 Å². The molecule has 0 saturated carbocycles. The van der Waals surface area contributed by atoms with Crippen molar-refractivity contribution in [3.05, 3.63) is 71.3 Å². The maximum Gasteiger partial charge on any atom is 0.337 e. The fraction of sp³-hybridized carbons (Fsp3) is 0.316. The summed E-state index contributed by atoms with van der Waals surface area (Å²) in [4.78, 5) is 14.5. The second-order valence-electron chi connectivity index (χ2n) is 6.12. The highest BCUT2D eigenvalue weighted by molar-refractivity contribution is 7.90. The predicted molar refractivity (Wildman–Crippen MR) is 99.9 cm³/mol. The van der Waals surface area contributed by atoms with E-state index < -0.39 is 21.3 Å². The summed E-state index contributed by atoms with van der Waals surface area (Å²) < 4.78 is 47.6. The molecule has 0 fully saturated rings. The lowest BCUT2D eigenvalue weighted by molar-refractivity contribution is 0.0742. The van der Waals surface area contributed by atoms with E-state index in [1.54, 1.807) is 4.90 Å². The molecule has 27 heavy (non-hydrogen) atoms. The Bertz CT molecular complexity index is 841. The monoisotopic (exact) mass is 396 g/mol. The van der Waals surface area contributed by atoms with Gasteiger partial charge in [0.1, 0.15) is 0 Å². The molecule has 0 bridgehead atoms. The molecule has 0 radical (unpaired) electrons. The van der Waals surface area contributed by atoms with Gasteiger partial charge in [-0.05, 0) is 36.2 Å². The van der Waals surface area contributed by atoms with Crippen LogP contribution < -0.4 is 5.73 Å². The number of nitrogens with zero attached hydrogens (tertiary/aromatic N) is 1. The molecule has 0 atom stereocenters. The molecule has 1 amide bonds. The Morgan fingerprint density at radius 3 is 2.19 bits per heavy atom. The predicted octanol–water partition coefficient (Wildman–Crippen LogP) is 2.82. The number of benzene rings is 2. The molecule has 8 heteroatoms. The normalized spacial score (nSPS) is 11.6. The van der Waals surface area contributed by atoms with E-state index >= 15 is 0 Å². The van der Waals surface area contributed by atoms with Crippen molar-refractivity contribution in [2.24, 2.45) is 5.73 Å². The Hall–Kier alpha value is -2.32. The van der Waals surface area contributed by atoms with Crippen LogP contribution in [-0.4, -0.2) is 38.1 Å². The highest BCUT2D eigenvalue weighted by Crippen LogP contribution is 2.16. The van der Waals surface area contributed by atoms with Crippen LogP contribution >= 0.6 is 0 Å². The number of amides is 1. The van der Waals surface area contributed by atoms with Gasteiger partial charge in [0.15, 0.2) is 0 Å². The van der Waals surface area contributed by atoms with Gasteiger partial charge < -0.3 is 10.6 Å². The van der Waals surface area contributed by atoms with Crippen molar-refractivity contribution in [2.75, 3.05) is 13.1 Å². The zero-order valence-corrected chi connectivity index (χ0v) is 15.5. The molecule has 0 heterocycles. The van der Waals surface area contributed by atoms with Crippen LogP contribution in [0.3, 0.4) is 0 Å². The number of alkyl halides is 2. The van der Waals surface area contributed by atoms with Crippen molar-refractivity contribution in [1.82, 2.24) is 4.90 Å². The minimum atomic E-state index is -4.50. The van der Waals surface area contributed by atoms with Gasteiger partial charge in [0.2, 0.25) is 9.84 Å². The molecule has 0 saturated heterocycles. The third-order valence-electron chi connectivity index (χ3n) is 3.98. The van der Waals surface area contributed by atoms with Gasteiger partial charge in [-0.1, -0.05) is 42.5 Å². The highest BCUT2D eigenvalue weighted by atomic mass is 32.2. The fourth-order valence-electron chi connectivity index (χ4n) is 2.56. The van der Waals surface area contributed by atoms with Gasteiger partial charge >= 0.3 is 5.76 Å². The van der Waals surface area contributed by atoms with E-state index in [1.165, 1.54) is 24.3 Å². The number of sulfone groups is 1. The molecule has 5 nitrogen and oxygen atoms in total. The Morgan fingerprint density at radius 1 is 1.00 bits per heavy atom. The van der Waals surface area contributed by atoms with Gasteiger partial charge in [-0.2, -0.15) is 8.78 Å². The number of halogens is 2. The standard InChI is InChI=1S/C19H22F2N2O3S/c20-19(21)27(25,26)14-16-7-9-17(10-8-16)18(24)23(12-4-11-22)13-15-5-2-1-3-6-15/h1-3,5-10,19H,4,11-14,22H2. The van der Waals surface area contributed by atoms with Gasteiger partial charge in [-0.3, -0.25) is 4.79 Å². The first kappa shape index (κ1) is 21.0. The topological polar surface area (TPSA) is 80.5 Å². The van der Waals surface area contributed by atoms with Crippen LogP contribution in [0.1, 0.15) is 27.9 Å². The number of carbonyl (C=O) groups is 1. The summed E-state index contributed by atoms with van der Waals surface area (Å²) in [6, 6.07) is 15.2. The zero-order valence-electron chi connectivity index (χ0n) is 14.7. The molecule has 0 aliphatic heterocycles. The van der Waals surface area contributed by atoms with E-state index in [1.807, 2.05) is 30.3 Å². The van der Waals surface area contributed by atoms with Crippen molar-refractivity contribution in [3.8, 4) is 0 Å². The molecule has 0 aliphatic rings. The van der Waals surface area contributed by atoms with Crippen molar-refractivity contribution >= 4 is 15.7 Å². The second-order valence-corrected chi connectivity index (χ2v) is 8.09. The van der Waals surface area contributed by atoms with Gasteiger partial charge in [0.05, 0.1) is 5.75 Å². The number of hydrogen-bond donors (Lipinski definition) is 1. The fourth-order valence-corrected chi connectivity index (χ4v) is 3.34. The third-order valence-corrected chi connectivity index (χ3v) is 5.25. The Labute approximate surface area is 157 Å². The Balaban J connectivity index is 2.14. The lowest BCUT2D eigenvalue weighted by Crippen LogP contribution is -2.32. The first-order valence-electron chi connectivity index (χ1n) is 8.45. The second kappa shape index (κ2) is 9.57. The quantitative estimate of drug-likeness (QED) is 0.707. The number of carbonyl (C=O) groups excluding carboxylic acids is 1. The average molecular weight is 396 g/mol. The molecule has 0 spiro atoms. The first-order valence-corrected chi connectivity index (χ1v) is 10.2. The molecular weight excluding hydrogens is 374 g/mol. The zero-order chi connectivity index (χ0) is 19.9. The van der Waals surface area contributed by atoms with Gasteiger partial charge in [0, 0.05) is 18.7 Å². The van der Waals surface area contributed by atoms with Crippen LogP contribution in [0.5, 0.6) is 0 Å². The maximum atomic E-state index is 12.8. The van der Waals surface area contributed by atoms with Crippen molar-refractivity contribution in [2.45, 2.75) is 24.5 Å². The molecule has 0 aromatic heterocycles. The number of hydrogen-bond acceptors (Lipinski definition) is 4. The molecule has 146 valence electrons. The van der Waals surface area contributed by atoms with E-state index in [0.717, 1.165) is 5.56 Å². The molecule has 2 N–H and O–H groups in total. The van der Waals surface area contributed by atoms with Gasteiger partial charge in [0.25, 0.3) is 5.91 Å². The summed E-state index contributed by atoms with van der Waals surface area (Å²) in [5.41, 5.74) is 7.10. The molecular formula is C19H22F2N2O3S. The molecule has 2 rings (SSSR count). The minimum absolute atomic E-state index is 0.211. The molecule has 0 aliphatic carbocycles. The van der Waals surface area contributed by atoms with Crippen molar-refractivity contribution < 1.29 is 22.0 Å². The third kappa shape index (κ3) is 6.11. The van der Waals surface area contributed by atoms with Gasteiger partial charge in [-0.15, -0.1) is 0 Å². The summed E-state index contributed by atoms with van der Waals surface area (Å²) in [6.07, 6.45) is 0.642. The minimum Gasteiger partial charge on any atom is -0.334 e. The summed E-state index contributed by atoms with van der Waals surface area (Å²) in [6.45, 7) is 1.34. The van der Waals surface area contributed by atoms with Crippen LogP contribution in [0.4, 0.5) is 8.78 Å². The van der Waals surface area contributed by atoms with Gasteiger partial charge in [-0.25, -0.2) is 8.42 Å². The van der Waals surface area contributed by atoms with E-state index in [2.05, 4.69) is 0 Å². The Kier molecular flexibility index (Phi) is 7.44. The first-order chi connectivity index (χ1) is 12.8. The number of nitrogens with two attached hydrogens (primary N) is 1. The summed E-state index contributed by atoms with van der Waals surface area (Å²) in [5, 5.41) is 0.